The summed E-state index contributed by atoms with van der Waals surface area (Å²) in [5.41, 5.74) is 0. The van der Waals surface area contributed by atoms with Crippen molar-refractivity contribution in [2.75, 3.05) is 11.5 Å². The second-order valence-electron chi connectivity index (χ2n) is 2.71. The van der Waals surface area contributed by atoms with Gasteiger partial charge >= 0.3 is 0 Å². The Hall–Kier alpha value is -0.230. The Bertz CT molecular complexity index is 258. The van der Waals surface area contributed by atoms with E-state index in [9.17, 15) is 0 Å². The van der Waals surface area contributed by atoms with Gasteiger partial charge in [-0.05, 0) is 29.0 Å². The molecule has 0 bridgehead atoms. The molecule has 1 aliphatic carbocycles. The Balaban J connectivity index is 2.03. The molecule has 1 fully saturated rings. The maximum atomic E-state index is 4.13. The molecule has 1 aromatic heterocycles. The van der Waals surface area contributed by atoms with Crippen LogP contribution >= 0.6 is 24.4 Å². The molecule has 0 aliphatic heterocycles. The average Bonchev–Trinajstić information content (AvgIpc) is 2.83. The fourth-order valence-corrected chi connectivity index (χ4v) is 1.93. The Morgan fingerprint density at radius 3 is 3.08 bits per heavy atom. The second kappa shape index (κ2) is 3.66. The van der Waals surface area contributed by atoms with E-state index in [4.69, 9.17) is 0 Å². The van der Waals surface area contributed by atoms with E-state index in [1.807, 2.05) is 4.68 Å². The zero-order valence-corrected chi connectivity index (χ0v) is 8.26. The first-order chi connectivity index (χ1) is 5.92. The molecule has 1 aromatic rings. The van der Waals surface area contributed by atoms with Gasteiger partial charge in [0.25, 0.3) is 0 Å². The quantitative estimate of drug-likeness (QED) is 0.585. The fraction of sp³-hybridized carbons (Fsp3) is 0.833. The third kappa shape index (κ3) is 1.74. The molecule has 1 saturated carbocycles. The number of rotatable bonds is 4. The summed E-state index contributed by atoms with van der Waals surface area (Å²) < 4.78 is 1.92. The first-order valence-corrected chi connectivity index (χ1v) is 5.55. The molecule has 0 atom stereocenters. The molecule has 0 radical (unpaired) electrons. The Morgan fingerprint density at radius 1 is 1.58 bits per heavy atom. The van der Waals surface area contributed by atoms with Gasteiger partial charge in [-0.15, -0.1) is 5.10 Å². The van der Waals surface area contributed by atoms with Crippen molar-refractivity contribution in [2.45, 2.75) is 24.0 Å². The molecule has 0 amide bonds. The van der Waals surface area contributed by atoms with E-state index in [2.05, 4.69) is 28.2 Å². The summed E-state index contributed by atoms with van der Waals surface area (Å²) in [4.78, 5) is 0. The van der Waals surface area contributed by atoms with Gasteiger partial charge in [-0.25, -0.2) is 4.68 Å². The normalized spacial score (nSPS) is 16.8. The molecule has 1 heterocycles. The molecule has 6 heteroatoms. The maximum absolute atomic E-state index is 4.13. The van der Waals surface area contributed by atoms with Crippen LogP contribution in [0.25, 0.3) is 0 Å². The minimum absolute atomic E-state index is 0.572. The highest BCUT2D eigenvalue weighted by Gasteiger charge is 2.27. The van der Waals surface area contributed by atoms with Crippen molar-refractivity contribution in [3.05, 3.63) is 0 Å². The van der Waals surface area contributed by atoms with Gasteiger partial charge in [-0.1, -0.05) is 11.8 Å². The summed E-state index contributed by atoms with van der Waals surface area (Å²) in [7, 11) is 0. The van der Waals surface area contributed by atoms with Crippen LogP contribution in [0.15, 0.2) is 5.16 Å². The number of thiol groups is 1. The van der Waals surface area contributed by atoms with Crippen molar-refractivity contribution in [1.82, 2.24) is 20.2 Å². The van der Waals surface area contributed by atoms with Gasteiger partial charge in [0.05, 0.1) is 6.04 Å². The highest BCUT2D eigenvalue weighted by atomic mass is 32.2. The van der Waals surface area contributed by atoms with Crippen molar-refractivity contribution in [3.63, 3.8) is 0 Å². The third-order valence-corrected chi connectivity index (χ3v) is 3.14. The molecule has 0 saturated heterocycles. The molecule has 2 rings (SSSR count). The lowest BCUT2D eigenvalue weighted by Gasteiger charge is -1.99. The Kier molecular flexibility index (Phi) is 2.55. The van der Waals surface area contributed by atoms with E-state index >= 15 is 0 Å². The molecule has 12 heavy (non-hydrogen) atoms. The fourth-order valence-electron chi connectivity index (χ4n) is 0.966. The van der Waals surface area contributed by atoms with Gasteiger partial charge in [-0.2, -0.15) is 12.6 Å². The number of tetrazole rings is 1. The Morgan fingerprint density at radius 2 is 2.42 bits per heavy atom. The highest BCUT2D eigenvalue weighted by molar-refractivity contribution is 7.99. The third-order valence-electron chi connectivity index (χ3n) is 1.68. The van der Waals surface area contributed by atoms with E-state index < -0.39 is 0 Å². The largest absolute Gasteiger partial charge is 0.217 e. The van der Waals surface area contributed by atoms with E-state index in [-0.39, 0.29) is 0 Å². The number of nitrogens with zero attached hydrogens (tertiary/aromatic N) is 4. The van der Waals surface area contributed by atoms with Crippen LogP contribution in [0.2, 0.25) is 0 Å². The summed E-state index contributed by atoms with van der Waals surface area (Å²) in [6.45, 7) is 0. The predicted octanol–water partition coefficient (Wildman–Crippen LogP) is 1.03. The van der Waals surface area contributed by atoms with Gasteiger partial charge in [-0.3, -0.25) is 0 Å². The van der Waals surface area contributed by atoms with E-state index in [0.717, 1.165) is 16.7 Å². The average molecular weight is 202 g/mol. The molecule has 0 aromatic carbocycles. The summed E-state index contributed by atoms with van der Waals surface area (Å²) >= 11 is 5.81. The SMILES string of the molecule is SCCSc1nnnn1C1CC1. The molecular weight excluding hydrogens is 192 g/mol. The van der Waals surface area contributed by atoms with Crippen LogP contribution in [0, 0.1) is 0 Å². The minimum atomic E-state index is 0.572. The molecule has 4 nitrogen and oxygen atoms in total. The van der Waals surface area contributed by atoms with Gasteiger partial charge in [0.15, 0.2) is 0 Å². The summed E-state index contributed by atoms with van der Waals surface area (Å²) in [5, 5.41) is 12.5. The molecular formula is C6H10N4S2. The molecule has 66 valence electrons. The van der Waals surface area contributed by atoms with Crippen LogP contribution in [0.5, 0.6) is 0 Å². The van der Waals surface area contributed by atoms with Crippen molar-refractivity contribution < 1.29 is 0 Å². The van der Waals surface area contributed by atoms with Crippen LogP contribution in [0.3, 0.4) is 0 Å². The number of aromatic nitrogens is 4. The summed E-state index contributed by atoms with van der Waals surface area (Å²) in [5.74, 6) is 1.83. The number of thioether (sulfide) groups is 1. The molecule has 1 aliphatic rings. The topological polar surface area (TPSA) is 43.6 Å². The van der Waals surface area contributed by atoms with E-state index in [1.165, 1.54) is 12.8 Å². The standard InChI is InChI=1S/C6H10N4S2/c11-3-4-12-6-7-8-9-10(6)5-1-2-5/h5,11H,1-4H2. The zero-order chi connectivity index (χ0) is 8.39. The highest BCUT2D eigenvalue weighted by Crippen LogP contribution is 2.36. The first kappa shape index (κ1) is 8.37. The minimum Gasteiger partial charge on any atom is -0.217 e. The lowest BCUT2D eigenvalue weighted by molar-refractivity contribution is 0.565. The summed E-state index contributed by atoms with van der Waals surface area (Å²) in [6, 6.07) is 0.572. The Labute approximate surface area is 80.5 Å². The van der Waals surface area contributed by atoms with E-state index in [0.29, 0.717) is 6.04 Å². The first-order valence-electron chi connectivity index (χ1n) is 3.93. The lowest BCUT2D eigenvalue weighted by atomic mass is 10.7. The van der Waals surface area contributed by atoms with E-state index in [1.54, 1.807) is 11.8 Å². The van der Waals surface area contributed by atoms with Crippen molar-refractivity contribution in [3.8, 4) is 0 Å². The molecule has 0 spiro atoms. The maximum Gasteiger partial charge on any atom is 0.209 e. The molecule has 0 unspecified atom stereocenters. The van der Waals surface area contributed by atoms with Crippen LogP contribution in [0.1, 0.15) is 18.9 Å². The molecule has 0 N–H and O–H groups in total. The van der Waals surface area contributed by atoms with Crippen LogP contribution < -0.4 is 0 Å². The zero-order valence-electron chi connectivity index (χ0n) is 6.55. The van der Waals surface area contributed by atoms with Gasteiger partial charge in [0.1, 0.15) is 0 Å². The van der Waals surface area contributed by atoms with Crippen LogP contribution in [0.4, 0.5) is 0 Å². The van der Waals surface area contributed by atoms with Crippen molar-refractivity contribution in [1.29, 1.82) is 0 Å². The van der Waals surface area contributed by atoms with Gasteiger partial charge in [0, 0.05) is 5.75 Å². The number of hydrogen-bond donors (Lipinski definition) is 1. The van der Waals surface area contributed by atoms with Gasteiger partial charge < -0.3 is 0 Å². The van der Waals surface area contributed by atoms with Gasteiger partial charge in [0.2, 0.25) is 5.16 Å². The van der Waals surface area contributed by atoms with Crippen molar-refractivity contribution >= 4 is 24.4 Å². The van der Waals surface area contributed by atoms with Crippen LogP contribution in [-0.2, 0) is 0 Å². The summed E-state index contributed by atoms with van der Waals surface area (Å²) in [6.07, 6.45) is 2.44. The van der Waals surface area contributed by atoms with Crippen molar-refractivity contribution in [2.24, 2.45) is 0 Å². The smallest absolute Gasteiger partial charge is 0.209 e. The predicted molar refractivity (Wildman–Crippen MR) is 50.7 cm³/mol. The monoisotopic (exact) mass is 202 g/mol. The number of hydrogen-bond acceptors (Lipinski definition) is 5. The second-order valence-corrected chi connectivity index (χ2v) is 4.22. The lowest BCUT2D eigenvalue weighted by Crippen LogP contribution is -1.99. The van der Waals surface area contributed by atoms with Crippen LogP contribution in [-0.4, -0.2) is 31.7 Å².